The molecule has 0 atom stereocenters. The first kappa shape index (κ1) is 78.5. The van der Waals surface area contributed by atoms with E-state index in [4.69, 9.17) is 4.42 Å². The summed E-state index contributed by atoms with van der Waals surface area (Å²) >= 11 is 1.87. The predicted octanol–water partition coefficient (Wildman–Crippen LogP) is 35.2. The Hall–Kier alpha value is -17.6. The van der Waals surface area contributed by atoms with Gasteiger partial charge in [0.05, 0.1) is 66.2 Å². The van der Waals surface area contributed by atoms with Crippen LogP contribution in [0.4, 0.5) is 0 Å². The van der Waals surface area contributed by atoms with Crippen molar-refractivity contribution in [3.8, 4) is 78.6 Å². The van der Waals surface area contributed by atoms with E-state index in [0.29, 0.717) is 0 Å². The smallest absolute Gasteiger partial charge is 0.137 e. The standard InChI is InChI=1S/C42H26N2O.C42H26N2S.C42H28N2.CH4/c1-2-10-27(11-3-1)28-18-20-29(21-19-28)44-36-15-7-4-12-31(36)34-24-25-38-41(42(34)44)35-14-5-8-16-37(35)43(38)30-22-23-33-32-13-6-9-17-39(32)45-40(33)26-30;1-2-10-29(11-3-1)43-37-15-7-4-12-31(37)35-24-27(18-22-39(35)43)28-19-23-40-36(25-28)32-13-5-8-16-38(32)44(40)30-20-21-34-33-14-6-9-17-41(33)45-42(34)26-30;1-3-11-29(12-4-1)31-19-23-33(24-20-31)43-39-18-10-8-16-37(39)41-40(43)28-27-36-35-15-7-9-17-38(35)44(42(36)41)34-25-21-32(22-26-34)30-13-5-2-6-14-30;/h2*1-26H;1-28H;1H4. The third kappa shape index (κ3) is 12.7. The molecule has 0 saturated heterocycles. The molecule has 0 bridgehead atoms. The van der Waals surface area contributed by atoms with Gasteiger partial charge in [0.1, 0.15) is 11.2 Å². The van der Waals surface area contributed by atoms with E-state index in [9.17, 15) is 0 Å². The maximum absolute atomic E-state index is 6.33. The number of hydrogen-bond acceptors (Lipinski definition) is 2. The van der Waals surface area contributed by atoms with Gasteiger partial charge in [-0.2, -0.15) is 0 Å². The van der Waals surface area contributed by atoms with E-state index in [1.807, 2.05) is 23.5 Å². The van der Waals surface area contributed by atoms with Crippen LogP contribution in [0.3, 0.4) is 0 Å². The molecule has 7 nitrogen and oxygen atoms in total. The Labute approximate surface area is 781 Å². The molecule has 8 aromatic heterocycles. The van der Waals surface area contributed by atoms with E-state index in [1.165, 1.54) is 207 Å². The van der Waals surface area contributed by atoms with Gasteiger partial charge in [0.15, 0.2) is 0 Å². The lowest BCUT2D eigenvalue weighted by atomic mass is 10.0. The quantitative estimate of drug-likeness (QED) is 0.135. The average Bonchev–Trinajstić information content (AvgIpc) is 1.54. The Morgan fingerprint density at radius 1 is 0.148 bits per heavy atom. The van der Waals surface area contributed by atoms with Crippen molar-refractivity contribution in [2.24, 2.45) is 0 Å². The van der Waals surface area contributed by atoms with Gasteiger partial charge in [0.25, 0.3) is 0 Å². The number of furan rings is 1. The number of para-hydroxylation sites is 8. The molecule has 0 aliphatic carbocycles. The van der Waals surface area contributed by atoms with E-state index in [2.05, 4.69) is 501 Å². The molecule has 21 aromatic carbocycles. The first-order chi connectivity index (χ1) is 66.5. The molecule has 29 rings (SSSR count). The number of rotatable bonds is 10. The molecule has 0 N–H and O–H groups in total. The Balaban J connectivity index is 0.000000105. The van der Waals surface area contributed by atoms with E-state index in [0.717, 1.165) is 44.7 Å². The van der Waals surface area contributed by atoms with E-state index >= 15 is 0 Å². The van der Waals surface area contributed by atoms with Crippen LogP contribution in [0.2, 0.25) is 0 Å². The summed E-state index contributed by atoms with van der Waals surface area (Å²) in [5.41, 5.74) is 33.1. The minimum absolute atomic E-state index is 0. The summed E-state index contributed by atoms with van der Waals surface area (Å²) in [6, 6.07) is 176. The molecule has 0 spiro atoms. The molecule has 29 aromatic rings. The van der Waals surface area contributed by atoms with Crippen molar-refractivity contribution in [2.45, 2.75) is 7.43 Å². The fourth-order valence-corrected chi connectivity index (χ4v) is 22.7. The number of hydrogen-bond donors (Lipinski definition) is 0. The zero-order valence-electron chi connectivity index (χ0n) is 72.7. The lowest BCUT2D eigenvalue weighted by Gasteiger charge is -2.11. The summed E-state index contributed by atoms with van der Waals surface area (Å²) < 4.78 is 23.5. The molecule has 135 heavy (non-hydrogen) atoms. The van der Waals surface area contributed by atoms with Crippen LogP contribution >= 0.6 is 11.3 Å². The zero-order valence-corrected chi connectivity index (χ0v) is 73.5. The fraction of sp³-hybridized carbons (Fsp3) is 0.00787. The monoisotopic (exact) mass is 1740 g/mol. The van der Waals surface area contributed by atoms with Gasteiger partial charge in [-0.25, -0.2) is 0 Å². The summed E-state index contributed by atoms with van der Waals surface area (Å²) in [7, 11) is 0. The van der Waals surface area contributed by atoms with Gasteiger partial charge in [-0.05, 0) is 202 Å². The fourth-order valence-electron chi connectivity index (χ4n) is 21.6. The molecule has 0 aliphatic heterocycles. The normalized spacial score (nSPS) is 11.8. The lowest BCUT2D eigenvalue weighted by Crippen LogP contribution is -1.95. The van der Waals surface area contributed by atoms with E-state index in [1.54, 1.807) is 0 Å². The van der Waals surface area contributed by atoms with Crippen molar-refractivity contribution in [1.29, 1.82) is 0 Å². The number of benzene rings is 21. The molecule has 0 saturated carbocycles. The Kier molecular flexibility index (Phi) is 18.6. The van der Waals surface area contributed by atoms with Crippen molar-refractivity contribution >= 4 is 184 Å². The molecule has 8 heteroatoms. The topological polar surface area (TPSA) is 42.7 Å². The molecular formula is C127H84N6OS. The summed E-state index contributed by atoms with van der Waals surface area (Å²) in [4.78, 5) is 0. The lowest BCUT2D eigenvalue weighted by molar-refractivity contribution is 0.668. The Morgan fingerprint density at radius 3 is 0.889 bits per heavy atom. The molecule has 8 heterocycles. The van der Waals surface area contributed by atoms with Gasteiger partial charge >= 0.3 is 0 Å². The van der Waals surface area contributed by atoms with Crippen molar-refractivity contribution in [2.75, 3.05) is 0 Å². The van der Waals surface area contributed by atoms with Gasteiger partial charge in [0, 0.05) is 136 Å². The molecule has 0 aliphatic rings. The van der Waals surface area contributed by atoms with Crippen LogP contribution in [0.1, 0.15) is 7.43 Å². The first-order valence-corrected chi connectivity index (χ1v) is 46.7. The first-order valence-electron chi connectivity index (χ1n) is 45.8. The minimum Gasteiger partial charge on any atom is -0.456 e. The van der Waals surface area contributed by atoms with Crippen LogP contribution in [0.5, 0.6) is 0 Å². The third-order valence-corrected chi connectivity index (χ3v) is 28.7. The van der Waals surface area contributed by atoms with Crippen LogP contribution in [-0.2, 0) is 0 Å². The summed E-state index contributed by atoms with van der Waals surface area (Å²) in [5, 5.41) is 20.1. The molecule has 0 radical (unpaired) electrons. The zero-order chi connectivity index (χ0) is 88.0. The Morgan fingerprint density at radius 2 is 0.422 bits per heavy atom. The number of thiophene rings is 1. The van der Waals surface area contributed by atoms with Gasteiger partial charge in [-0.15, -0.1) is 11.3 Å². The summed E-state index contributed by atoms with van der Waals surface area (Å²) in [5.74, 6) is 0. The van der Waals surface area contributed by atoms with Crippen LogP contribution in [0.25, 0.3) is 252 Å². The van der Waals surface area contributed by atoms with E-state index in [-0.39, 0.29) is 7.43 Å². The minimum atomic E-state index is 0. The SMILES string of the molecule is C.c1ccc(-c2ccc(-n3c4ccccc4c4c3ccc3c5ccccc5n(-c5ccc(-c6ccccc6)cc5)c34)cc2)cc1.c1ccc(-c2ccc(-n3c4ccccc4c4ccc5c(c6ccccc6n5-c5ccc6c(c5)oc5ccccc56)c43)cc2)cc1.c1ccc(-n2c3ccccc3c3cc(-c4ccc5c(c4)c4ccccc4n5-c4ccc5c(c4)sc4ccccc45)ccc32)cc1. The second kappa shape index (κ2) is 31.9. The predicted molar refractivity (Wildman–Crippen MR) is 574 cm³/mol. The van der Waals surface area contributed by atoms with Crippen molar-refractivity contribution in [3.05, 3.63) is 485 Å². The number of nitrogens with zero attached hydrogens (tertiary/aromatic N) is 6. The van der Waals surface area contributed by atoms with Gasteiger partial charge in [-0.1, -0.05) is 329 Å². The molecular weight excluding hydrogens is 1660 g/mol. The summed E-state index contributed by atoms with van der Waals surface area (Å²) in [6.07, 6.45) is 0. The van der Waals surface area contributed by atoms with Crippen molar-refractivity contribution in [3.63, 3.8) is 0 Å². The molecule has 0 amide bonds. The van der Waals surface area contributed by atoms with Crippen LogP contribution in [0, 0.1) is 0 Å². The van der Waals surface area contributed by atoms with Crippen molar-refractivity contribution < 1.29 is 4.42 Å². The van der Waals surface area contributed by atoms with Gasteiger partial charge in [-0.3, -0.25) is 0 Å². The van der Waals surface area contributed by atoms with E-state index < -0.39 is 0 Å². The average molecular weight is 1740 g/mol. The summed E-state index contributed by atoms with van der Waals surface area (Å²) in [6.45, 7) is 0. The largest absolute Gasteiger partial charge is 0.456 e. The highest BCUT2D eigenvalue weighted by Gasteiger charge is 2.26. The van der Waals surface area contributed by atoms with Gasteiger partial charge in [0.2, 0.25) is 0 Å². The highest BCUT2D eigenvalue weighted by molar-refractivity contribution is 7.25. The maximum Gasteiger partial charge on any atom is 0.137 e. The highest BCUT2D eigenvalue weighted by Crippen LogP contribution is 2.48. The second-order valence-corrected chi connectivity index (χ2v) is 36.0. The second-order valence-electron chi connectivity index (χ2n) is 34.9. The van der Waals surface area contributed by atoms with Crippen LogP contribution in [0.15, 0.2) is 490 Å². The molecule has 0 unspecified atom stereocenters. The number of aromatic nitrogens is 6. The van der Waals surface area contributed by atoms with Gasteiger partial charge < -0.3 is 31.8 Å². The third-order valence-electron chi connectivity index (χ3n) is 27.6. The van der Waals surface area contributed by atoms with Crippen LogP contribution in [-0.4, -0.2) is 27.4 Å². The number of fused-ring (bicyclic) bond motifs is 26. The Bertz CT molecular complexity index is 9730. The van der Waals surface area contributed by atoms with Crippen LogP contribution < -0.4 is 0 Å². The molecule has 0 fully saturated rings. The maximum atomic E-state index is 6.33. The van der Waals surface area contributed by atoms with Crippen molar-refractivity contribution in [1.82, 2.24) is 27.4 Å². The highest BCUT2D eigenvalue weighted by atomic mass is 32.1. The molecule has 634 valence electrons.